The van der Waals surface area contributed by atoms with Crippen LogP contribution in [-0.4, -0.2) is 31.2 Å². The molecule has 3 rings (SSSR count). The fourth-order valence-corrected chi connectivity index (χ4v) is 3.79. The van der Waals surface area contributed by atoms with E-state index in [1.807, 2.05) is 12.1 Å². The molecule has 7 nitrogen and oxygen atoms in total. The number of fused-ring (bicyclic) bond motifs is 1. The number of alkyl halides is 1. The van der Waals surface area contributed by atoms with Crippen LogP contribution in [0, 0.1) is 4.78 Å². The highest BCUT2D eigenvalue weighted by atomic mass is 35.5. The van der Waals surface area contributed by atoms with E-state index in [2.05, 4.69) is 15.0 Å². The molecule has 0 bridgehead atoms. The van der Waals surface area contributed by atoms with Gasteiger partial charge in [-0.3, -0.25) is 9.35 Å². The van der Waals surface area contributed by atoms with Crippen LogP contribution in [0.15, 0.2) is 34.2 Å². The van der Waals surface area contributed by atoms with E-state index in [1.165, 1.54) is 4.57 Å². The number of hydrogen-bond donors (Lipinski definition) is 3. The molecule has 132 valence electrons. The van der Waals surface area contributed by atoms with E-state index >= 15 is 0 Å². The van der Waals surface area contributed by atoms with Crippen LogP contribution in [0.4, 0.5) is 5.82 Å². The Morgan fingerprint density at radius 2 is 2.00 bits per heavy atom. The second-order valence-electron chi connectivity index (χ2n) is 5.37. The molecule has 0 aliphatic rings. The van der Waals surface area contributed by atoms with Gasteiger partial charge in [0, 0.05) is 16.7 Å². The summed E-state index contributed by atoms with van der Waals surface area (Å²) in [7, 11) is -0.932. The number of aromatic amines is 1. The predicted molar refractivity (Wildman–Crippen MR) is 102 cm³/mol. The lowest BCUT2D eigenvalue weighted by Crippen LogP contribution is -2.18. The van der Waals surface area contributed by atoms with Crippen LogP contribution < -0.4 is 11.4 Å². The van der Waals surface area contributed by atoms with Crippen LogP contribution in [-0.2, 0) is 17.2 Å². The number of halogens is 2. The highest BCUT2D eigenvalue weighted by Gasteiger charge is 2.15. The first-order chi connectivity index (χ1) is 12.0. The van der Waals surface area contributed by atoms with E-state index in [9.17, 15) is 4.79 Å². The van der Waals surface area contributed by atoms with Crippen LogP contribution in [0.3, 0.4) is 0 Å². The van der Waals surface area contributed by atoms with Gasteiger partial charge in [0.05, 0.1) is 6.54 Å². The summed E-state index contributed by atoms with van der Waals surface area (Å²) in [5.74, 6) is 1.20. The monoisotopic (exact) mass is 398 g/mol. The van der Waals surface area contributed by atoms with Gasteiger partial charge in [-0.25, -0.2) is 14.8 Å². The highest BCUT2D eigenvalue weighted by Crippen LogP contribution is 2.18. The number of nitrogens with one attached hydrogen (secondary N) is 2. The summed E-state index contributed by atoms with van der Waals surface area (Å²) in [5.41, 5.74) is 7.32. The number of nitrogen functional groups attached to an aromatic ring is 1. The summed E-state index contributed by atoms with van der Waals surface area (Å²) in [6.07, 6.45) is 0.695. The molecule has 10 heteroatoms. The quantitative estimate of drug-likeness (QED) is 0.437. The van der Waals surface area contributed by atoms with Crippen LogP contribution in [0.1, 0.15) is 12.0 Å². The molecule has 1 atom stereocenters. The van der Waals surface area contributed by atoms with Gasteiger partial charge < -0.3 is 10.7 Å². The third-order valence-corrected chi connectivity index (χ3v) is 5.43. The molecule has 25 heavy (non-hydrogen) atoms. The molecular weight excluding hydrogens is 383 g/mol. The molecule has 0 saturated heterocycles. The lowest BCUT2D eigenvalue weighted by Gasteiger charge is -2.07. The van der Waals surface area contributed by atoms with E-state index in [4.69, 9.17) is 33.7 Å². The zero-order valence-corrected chi connectivity index (χ0v) is 15.5. The largest absolute Gasteiger partial charge is 0.382 e. The molecule has 0 saturated carbocycles. The Hall–Kier alpha value is -1.90. The number of rotatable bonds is 6. The molecule has 0 aliphatic heterocycles. The summed E-state index contributed by atoms with van der Waals surface area (Å²) in [6, 6.07) is 7.21. The number of benzene rings is 1. The van der Waals surface area contributed by atoms with Crippen LogP contribution in [0.2, 0.25) is 5.02 Å². The Morgan fingerprint density at radius 1 is 1.28 bits per heavy atom. The number of H-pyrrole nitrogens is 1. The van der Waals surface area contributed by atoms with Crippen molar-refractivity contribution in [1.29, 1.82) is 4.78 Å². The predicted octanol–water partition coefficient (Wildman–Crippen LogP) is 2.77. The first-order valence-electron chi connectivity index (χ1n) is 7.48. The van der Waals surface area contributed by atoms with Gasteiger partial charge in [-0.1, -0.05) is 23.7 Å². The van der Waals surface area contributed by atoms with Crippen LogP contribution >= 0.6 is 23.2 Å². The maximum absolute atomic E-state index is 12.3. The number of nitrogens with two attached hydrogens (primary N) is 1. The van der Waals surface area contributed by atoms with E-state index in [0.29, 0.717) is 45.9 Å². The Bertz CT molecular complexity index is 982. The molecule has 2 heterocycles. The average molecular weight is 399 g/mol. The molecule has 0 fully saturated rings. The van der Waals surface area contributed by atoms with Gasteiger partial charge in [0.25, 0.3) is 0 Å². The third-order valence-electron chi connectivity index (χ3n) is 3.59. The minimum absolute atomic E-state index is 0.169. The van der Waals surface area contributed by atoms with Gasteiger partial charge in [0.15, 0.2) is 11.5 Å². The molecule has 0 aliphatic carbocycles. The first-order valence-corrected chi connectivity index (χ1v) is 9.79. The smallest absolute Gasteiger partial charge is 0.328 e. The zero-order chi connectivity index (χ0) is 18.0. The number of anilines is 1. The number of nitrogens with zero attached hydrogens (tertiary/aromatic N) is 3. The second kappa shape index (κ2) is 7.55. The van der Waals surface area contributed by atoms with Gasteiger partial charge in [0.2, 0.25) is 5.16 Å². The van der Waals surface area contributed by atoms with E-state index in [0.717, 1.165) is 5.56 Å². The van der Waals surface area contributed by atoms with Crippen molar-refractivity contribution in [3.8, 4) is 0 Å². The minimum atomic E-state index is -0.932. The normalized spacial score (nSPS) is 12.6. The molecular formula is C15H16Cl2N6OS. The number of aromatic nitrogens is 4. The highest BCUT2D eigenvalue weighted by molar-refractivity contribution is 7.85. The zero-order valence-electron chi connectivity index (χ0n) is 13.1. The summed E-state index contributed by atoms with van der Waals surface area (Å²) < 4.78 is 9.67. The van der Waals surface area contributed by atoms with Gasteiger partial charge in [-0.05, 0) is 34.8 Å². The van der Waals surface area contributed by atoms with Crippen molar-refractivity contribution < 1.29 is 0 Å². The number of hydrogen-bond acceptors (Lipinski definition) is 5. The maximum Gasteiger partial charge on any atom is 0.328 e. The molecule has 3 aromatic rings. The van der Waals surface area contributed by atoms with E-state index < -0.39 is 10.7 Å². The molecule has 1 unspecified atom stereocenters. The Balaban J connectivity index is 2.04. The SMILES string of the molecule is N=S(CCCCl)c1nc(N)c2[nH]c(=O)n(Cc3ccc(Cl)cc3)c2n1. The van der Waals surface area contributed by atoms with Gasteiger partial charge in [-0.15, -0.1) is 11.6 Å². The van der Waals surface area contributed by atoms with Crippen molar-refractivity contribution in [2.24, 2.45) is 0 Å². The summed E-state index contributed by atoms with van der Waals surface area (Å²) in [4.78, 5) is 23.6. The Morgan fingerprint density at radius 3 is 2.68 bits per heavy atom. The fraction of sp³-hybridized carbons (Fsp3) is 0.267. The van der Waals surface area contributed by atoms with Crippen LogP contribution in [0.5, 0.6) is 0 Å². The van der Waals surface area contributed by atoms with Crippen molar-refractivity contribution in [3.63, 3.8) is 0 Å². The molecule has 1 aromatic carbocycles. The lowest BCUT2D eigenvalue weighted by molar-refractivity contribution is 0.771. The molecule has 2 aromatic heterocycles. The van der Waals surface area contributed by atoms with Gasteiger partial charge >= 0.3 is 5.69 Å². The summed E-state index contributed by atoms with van der Waals surface area (Å²) in [6.45, 7) is 0.319. The minimum Gasteiger partial charge on any atom is -0.382 e. The lowest BCUT2D eigenvalue weighted by atomic mass is 10.2. The first kappa shape index (κ1) is 17.9. The van der Waals surface area contributed by atoms with Crippen molar-refractivity contribution in [2.45, 2.75) is 18.1 Å². The molecule has 0 amide bonds. The van der Waals surface area contributed by atoms with Crippen molar-refractivity contribution in [1.82, 2.24) is 19.5 Å². The summed E-state index contributed by atoms with van der Waals surface area (Å²) in [5, 5.41) is 0.945. The van der Waals surface area contributed by atoms with Gasteiger partial charge in [-0.2, -0.15) is 0 Å². The van der Waals surface area contributed by atoms with E-state index in [-0.39, 0.29) is 11.5 Å². The number of imidazole rings is 1. The topological polar surface area (TPSA) is 113 Å². The Kier molecular flexibility index (Phi) is 5.41. The molecule has 0 spiro atoms. The average Bonchev–Trinajstić information content (AvgIpc) is 2.91. The Labute approximate surface area is 156 Å². The maximum atomic E-state index is 12.3. The molecule has 4 N–H and O–H groups in total. The van der Waals surface area contributed by atoms with Crippen molar-refractivity contribution in [3.05, 3.63) is 45.3 Å². The van der Waals surface area contributed by atoms with Crippen molar-refractivity contribution in [2.75, 3.05) is 17.4 Å². The summed E-state index contributed by atoms with van der Waals surface area (Å²) >= 11 is 11.6. The van der Waals surface area contributed by atoms with Crippen LogP contribution in [0.25, 0.3) is 11.2 Å². The van der Waals surface area contributed by atoms with E-state index in [1.54, 1.807) is 12.1 Å². The van der Waals surface area contributed by atoms with Crippen molar-refractivity contribution >= 4 is 50.9 Å². The molecule has 0 radical (unpaired) electrons. The third kappa shape index (κ3) is 3.86. The standard InChI is InChI=1S/C15H16Cl2N6OS/c16-6-1-7-25(19)14-21-12(18)11-13(22-14)23(15(24)20-11)8-9-2-4-10(17)5-3-9/h2-5,19H,1,6-8H2,(H,20,24)(H2,18,21,22). The second-order valence-corrected chi connectivity index (χ2v) is 7.74. The fourth-order valence-electron chi connectivity index (χ4n) is 2.35. The van der Waals surface area contributed by atoms with Gasteiger partial charge in [0.1, 0.15) is 5.52 Å².